The molecule has 0 aliphatic heterocycles. The van der Waals surface area contributed by atoms with Crippen molar-refractivity contribution in [1.29, 1.82) is 0 Å². The van der Waals surface area contributed by atoms with Crippen LogP contribution < -0.4 is 0 Å². The summed E-state index contributed by atoms with van der Waals surface area (Å²) in [5.41, 5.74) is 4.95. The van der Waals surface area contributed by atoms with Crippen LogP contribution in [0.2, 0.25) is 0 Å². The summed E-state index contributed by atoms with van der Waals surface area (Å²) in [6, 6.07) is 19.0. The van der Waals surface area contributed by atoms with Gasteiger partial charge in [-0.15, -0.1) is 0 Å². The highest BCUT2D eigenvalue weighted by atomic mass is 19.1. The number of hydrogen-bond acceptors (Lipinski definition) is 5. The van der Waals surface area contributed by atoms with Crippen LogP contribution in [0.3, 0.4) is 0 Å². The van der Waals surface area contributed by atoms with Crippen molar-refractivity contribution in [3.05, 3.63) is 95.8 Å². The van der Waals surface area contributed by atoms with Gasteiger partial charge in [-0.3, -0.25) is 0 Å². The number of halogens is 1. The lowest BCUT2D eigenvalue weighted by Gasteiger charge is -2.29. The Morgan fingerprint density at radius 2 is 1.51 bits per heavy atom. The Balaban J connectivity index is 1.27. The lowest BCUT2D eigenvalue weighted by atomic mass is 9.76. The predicted octanol–water partition coefficient (Wildman–Crippen LogP) is 10.2. The van der Waals surface area contributed by atoms with Crippen LogP contribution in [0.25, 0.3) is 21.9 Å². The molecule has 0 heterocycles. The Kier molecular flexibility index (Phi) is 14.6. The number of hydrogen-bond donors (Lipinski definition) is 0. The van der Waals surface area contributed by atoms with Crippen LogP contribution >= 0.6 is 0 Å². The molecule has 0 saturated heterocycles. The molecule has 49 heavy (non-hydrogen) atoms. The molecule has 5 nitrogen and oxygen atoms in total. The van der Waals surface area contributed by atoms with E-state index in [1.54, 1.807) is 13.0 Å². The molecular formula is C43H56FNO4. The standard InChI is InChI=1S/C43H56FNO4/c1-7-8-9-13-35-18-19-40(26-41(35)44)39-23-22-37-24-36(20-21-38(37)25-39)34-16-14-32(15-17-34)11-10-12-33(28-48-42(46)30(2)3)29-49-43(47)31(4)27-45(5)6/h18-26,32-34H,2,4,7-17,27-29H2,1,3,5-6H3. The second-order valence-electron chi connectivity index (χ2n) is 14.4. The first-order valence-electron chi connectivity index (χ1n) is 18.2. The van der Waals surface area contributed by atoms with Gasteiger partial charge in [0.2, 0.25) is 0 Å². The highest BCUT2D eigenvalue weighted by molar-refractivity contribution is 5.89. The second kappa shape index (κ2) is 18.8. The molecule has 1 saturated carbocycles. The lowest BCUT2D eigenvalue weighted by Crippen LogP contribution is -2.25. The number of carbonyl (C=O) groups excluding carboxylic acids is 2. The molecule has 1 fully saturated rings. The van der Waals surface area contributed by atoms with Crippen molar-refractivity contribution < 1.29 is 23.5 Å². The van der Waals surface area contributed by atoms with E-state index in [0.29, 0.717) is 29.5 Å². The van der Waals surface area contributed by atoms with Crippen LogP contribution in [-0.4, -0.2) is 50.7 Å². The van der Waals surface area contributed by atoms with Crippen molar-refractivity contribution in [2.24, 2.45) is 11.8 Å². The third-order valence-corrected chi connectivity index (χ3v) is 9.89. The van der Waals surface area contributed by atoms with Gasteiger partial charge in [-0.2, -0.15) is 0 Å². The van der Waals surface area contributed by atoms with Crippen LogP contribution in [-0.2, 0) is 25.5 Å². The highest BCUT2D eigenvalue weighted by Gasteiger charge is 2.24. The minimum Gasteiger partial charge on any atom is -0.462 e. The van der Waals surface area contributed by atoms with Crippen LogP contribution in [0, 0.1) is 17.7 Å². The van der Waals surface area contributed by atoms with E-state index in [2.05, 4.69) is 62.5 Å². The molecule has 0 N–H and O–H groups in total. The smallest absolute Gasteiger partial charge is 0.334 e. The number of esters is 2. The van der Waals surface area contributed by atoms with Gasteiger partial charge >= 0.3 is 11.9 Å². The molecule has 3 aromatic carbocycles. The number of ether oxygens (including phenoxy) is 2. The molecule has 0 radical (unpaired) electrons. The topological polar surface area (TPSA) is 55.8 Å². The molecule has 0 amide bonds. The van der Waals surface area contributed by atoms with Crippen molar-refractivity contribution in [1.82, 2.24) is 4.90 Å². The summed E-state index contributed by atoms with van der Waals surface area (Å²) in [5, 5.41) is 2.41. The zero-order valence-corrected chi connectivity index (χ0v) is 30.2. The van der Waals surface area contributed by atoms with Gasteiger partial charge in [0.1, 0.15) is 5.82 Å². The van der Waals surface area contributed by atoms with E-state index < -0.39 is 11.9 Å². The number of nitrogens with zero attached hydrogens (tertiary/aromatic N) is 1. The summed E-state index contributed by atoms with van der Waals surface area (Å²) in [4.78, 5) is 26.3. The molecule has 1 unspecified atom stereocenters. The molecular weight excluding hydrogens is 613 g/mol. The zero-order chi connectivity index (χ0) is 35.3. The number of aryl methyl sites for hydroxylation is 1. The Morgan fingerprint density at radius 1 is 0.857 bits per heavy atom. The maximum Gasteiger partial charge on any atom is 0.334 e. The van der Waals surface area contributed by atoms with Crippen LogP contribution in [0.1, 0.15) is 95.1 Å². The van der Waals surface area contributed by atoms with Crippen molar-refractivity contribution in [2.45, 2.75) is 90.4 Å². The van der Waals surface area contributed by atoms with Gasteiger partial charge in [-0.05, 0) is 123 Å². The van der Waals surface area contributed by atoms with Crippen molar-refractivity contribution >= 4 is 22.7 Å². The molecule has 0 aromatic heterocycles. The first-order valence-corrected chi connectivity index (χ1v) is 18.2. The van der Waals surface area contributed by atoms with Crippen molar-refractivity contribution in [3.8, 4) is 11.1 Å². The minimum atomic E-state index is -0.418. The molecule has 0 bridgehead atoms. The molecule has 1 aliphatic carbocycles. The first kappa shape index (κ1) is 38.0. The van der Waals surface area contributed by atoms with Gasteiger partial charge in [0.15, 0.2) is 0 Å². The number of rotatable bonds is 18. The van der Waals surface area contributed by atoms with E-state index >= 15 is 0 Å². The molecule has 0 spiro atoms. The molecule has 6 heteroatoms. The van der Waals surface area contributed by atoms with Gasteiger partial charge in [-0.25, -0.2) is 14.0 Å². The third kappa shape index (κ3) is 11.7. The second-order valence-corrected chi connectivity index (χ2v) is 14.4. The Morgan fingerprint density at radius 3 is 2.18 bits per heavy atom. The molecule has 4 rings (SSSR count). The minimum absolute atomic E-state index is 0.0669. The summed E-state index contributed by atoms with van der Waals surface area (Å²) < 4.78 is 25.8. The monoisotopic (exact) mass is 669 g/mol. The SMILES string of the molecule is C=C(C)C(=O)OCC(CCCC1CCC(c2ccc3cc(-c4ccc(CCCCC)c(F)c4)ccc3c2)CC1)COC(=O)C(=C)CN(C)C. The maximum atomic E-state index is 14.8. The van der Waals surface area contributed by atoms with E-state index in [1.165, 1.54) is 42.0 Å². The van der Waals surface area contributed by atoms with Gasteiger partial charge in [0.25, 0.3) is 0 Å². The van der Waals surface area contributed by atoms with Crippen LogP contribution in [0.4, 0.5) is 4.39 Å². The summed E-state index contributed by atoms with van der Waals surface area (Å²) in [6.45, 7) is 12.1. The van der Waals surface area contributed by atoms with E-state index in [9.17, 15) is 14.0 Å². The quantitative estimate of drug-likeness (QED) is 0.0767. The molecule has 1 aliphatic rings. The summed E-state index contributed by atoms with van der Waals surface area (Å²) >= 11 is 0. The zero-order valence-electron chi connectivity index (χ0n) is 30.2. The number of fused-ring (bicyclic) bond motifs is 1. The first-order chi connectivity index (χ1) is 23.5. The fraction of sp³-hybridized carbons (Fsp3) is 0.488. The summed E-state index contributed by atoms with van der Waals surface area (Å²) in [7, 11) is 3.76. The average molecular weight is 670 g/mol. The third-order valence-electron chi connectivity index (χ3n) is 9.89. The predicted molar refractivity (Wildman–Crippen MR) is 199 cm³/mol. The Bertz CT molecular complexity index is 1590. The molecule has 1 atom stereocenters. The summed E-state index contributed by atoms with van der Waals surface area (Å²) in [6.07, 6.45) is 11.7. The van der Waals surface area contributed by atoms with Crippen molar-refractivity contribution in [2.75, 3.05) is 33.9 Å². The number of likely N-dealkylation sites (N-methyl/N-ethyl adjacent to an activating group) is 1. The van der Waals surface area contributed by atoms with E-state index in [1.807, 2.05) is 25.1 Å². The fourth-order valence-electron chi connectivity index (χ4n) is 6.95. The number of unbranched alkanes of at least 4 members (excludes halogenated alkanes) is 2. The number of benzene rings is 3. The van der Waals surface area contributed by atoms with Gasteiger partial charge in [-0.1, -0.05) is 88.2 Å². The Hall–Kier alpha value is -3.77. The number of carbonyl (C=O) groups is 2. The largest absolute Gasteiger partial charge is 0.462 e. The highest BCUT2D eigenvalue weighted by Crippen LogP contribution is 2.39. The van der Waals surface area contributed by atoms with Crippen LogP contribution in [0.15, 0.2) is 78.9 Å². The van der Waals surface area contributed by atoms with Gasteiger partial charge in [0, 0.05) is 23.6 Å². The fourth-order valence-corrected chi connectivity index (χ4v) is 6.95. The Labute approximate surface area is 293 Å². The van der Waals surface area contributed by atoms with E-state index in [0.717, 1.165) is 61.6 Å². The van der Waals surface area contributed by atoms with Gasteiger partial charge in [0.05, 0.1) is 13.2 Å². The average Bonchev–Trinajstić information content (AvgIpc) is 3.09. The van der Waals surface area contributed by atoms with Crippen LogP contribution in [0.5, 0.6) is 0 Å². The summed E-state index contributed by atoms with van der Waals surface area (Å²) in [5.74, 6) is 0.224. The van der Waals surface area contributed by atoms with Gasteiger partial charge < -0.3 is 14.4 Å². The lowest BCUT2D eigenvalue weighted by molar-refractivity contribution is -0.144. The van der Waals surface area contributed by atoms with E-state index in [4.69, 9.17) is 9.47 Å². The van der Waals surface area contributed by atoms with Crippen molar-refractivity contribution in [3.63, 3.8) is 0 Å². The molecule has 264 valence electrons. The molecule has 3 aromatic rings. The normalized spacial score (nSPS) is 16.8. The maximum absolute atomic E-state index is 14.8. The van der Waals surface area contributed by atoms with E-state index in [-0.39, 0.29) is 24.9 Å².